The van der Waals surface area contributed by atoms with Crippen molar-refractivity contribution >= 4 is 30.0 Å². The maximum absolute atomic E-state index is 7.10. The van der Waals surface area contributed by atoms with E-state index < -0.39 is 11.2 Å². The van der Waals surface area contributed by atoms with Gasteiger partial charge in [0.25, 0.3) is 0 Å². The molecular weight excluding hydrogens is 428 g/mol. The zero-order valence-electron chi connectivity index (χ0n) is 18.0. The first-order valence-electron chi connectivity index (χ1n) is 10.7. The first kappa shape index (κ1) is 22.3. The maximum atomic E-state index is 7.10. The molecule has 1 aliphatic carbocycles. The molecule has 0 radical (unpaired) electrons. The molecule has 4 rings (SSSR count). The molecule has 1 spiro atoms. The van der Waals surface area contributed by atoms with Gasteiger partial charge in [-0.25, -0.2) is 4.99 Å². The minimum absolute atomic E-state index is 0.433. The van der Waals surface area contributed by atoms with Gasteiger partial charge in [0.15, 0.2) is 11.2 Å². The molecule has 2 aromatic carbocycles. The molecule has 2 aromatic rings. The van der Waals surface area contributed by atoms with Crippen molar-refractivity contribution in [2.75, 3.05) is 13.7 Å². The highest BCUT2D eigenvalue weighted by Crippen LogP contribution is 2.47. The van der Waals surface area contributed by atoms with Crippen LogP contribution < -0.4 is 10.1 Å². The molecule has 0 amide bonds. The van der Waals surface area contributed by atoms with E-state index in [-0.39, 0.29) is 0 Å². The molecule has 1 atom stereocenters. The summed E-state index contributed by atoms with van der Waals surface area (Å²) in [5, 5.41) is 15.5. The van der Waals surface area contributed by atoms with E-state index in [1.165, 1.54) is 12.8 Å². The van der Waals surface area contributed by atoms with E-state index in [9.17, 15) is 0 Å². The number of nitrogens with one attached hydrogen (secondary N) is 2. The van der Waals surface area contributed by atoms with Gasteiger partial charge in [0.1, 0.15) is 23.5 Å². The number of halogens is 1. The number of hydrogen-bond acceptors (Lipinski definition) is 5. The fourth-order valence-electron chi connectivity index (χ4n) is 4.60. The number of ether oxygens (including phenoxy) is 2. The Morgan fingerprint density at radius 3 is 2.38 bits per heavy atom. The quantitative estimate of drug-likeness (QED) is 0.425. The number of methoxy groups -OCH3 is 1. The molecule has 1 fully saturated rings. The monoisotopic (exact) mass is 454 g/mol. The molecule has 168 valence electrons. The molecular formula is C24H27ClN4O3. The van der Waals surface area contributed by atoms with Crippen LogP contribution in [0.3, 0.4) is 0 Å². The number of benzene rings is 2. The van der Waals surface area contributed by atoms with Gasteiger partial charge >= 0.3 is 0 Å². The van der Waals surface area contributed by atoms with Crippen LogP contribution in [0.4, 0.5) is 0 Å². The van der Waals surface area contributed by atoms with Gasteiger partial charge in [0.2, 0.25) is 0 Å². The van der Waals surface area contributed by atoms with Gasteiger partial charge in [-0.15, -0.1) is 0 Å². The Morgan fingerprint density at radius 1 is 1.09 bits per heavy atom. The van der Waals surface area contributed by atoms with Gasteiger partial charge in [0, 0.05) is 17.7 Å². The molecule has 32 heavy (non-hydrogen) atoms. The topological polar surface area (TPSA) is 88.3 Å². The molecule has 7 nitrogen and oxygen atoms in total. The highest BCUT2D eigenvalue weighted by molar-refractivity contribution is 6.30. The van der Waals surface area contributed by atoms with Gasteiger partial charge in [-0.05, 0) is 74.2 Å². The molecule has 0 aromatic heterocycles. The van der Waals surface area contributed by atoms with E-state index in [4.69, 9.17) is 31.3 Å². The smallest absolute Gasteiger partial charge is 0.174 e. The Kier molecular flexibility index (Phi) is 6.77. The summed E-state index contributed by atoms with van der Waals surface area (Å²) < 4.78 is 12.1. The molecule has 8 heteroatoms. The molecule has 1 unspecified atom stereocenters. The summed E-state index contributed by atoms with van der Waals surface area (Å²) in [7, 11) is 1.70. The second-order valence-corrected chi connectivity index (χ2v) is 8.42. The van der Waals surface area contributed by atoms with Crippen LogP contribution in [0.25, 0.3) is 0 Å². The van der Waals surface area contributed by atoms with Crippen molar-refractivity contribution < 1.29 is 14.3 Å². The second-order valence-electron chi connectivity index (χ2n) is 7.99. The Morgan fingerprint density at radius 2 is 1.75 bits per heavy atom. The van der Waals surface area contributed by atoms with Crippen LogP contribution in [-0.4, -0.2) is 43.2 Å². The second kappa shape index (κ2) is 9.71. The van der Waals surface area contributed by atoms with Gasteiger partial charge in [-0.1, -0.05) is 23.2 Å². The predicted molar refractivity (Wildman–Crippen MR) is 126 cm³/mol. The van der Waals surface area contributed by atoms with Crippen molar-refractivity contribution in [2.45, 2.75) is 43.3 Å². The standard InChI is InChI=1S/C24H27ClN4O3/c1-30-24(15-27-17-28-16-26)22(29-32-23(24)13-3-2-4-14-23)18-5-9-20(10-6-18)31-21-11-7-19(25)8-12-21/h5-12,16-17H,2-4,13-15H2,1H3,(H2,26,27,28). The average molecular weight is 455 g/mol. The third kappa shape index (κ3) is 4.23. The summed E-state index contributed by atoms with van der Waals surface area (Å²) in [4.78, 5) is 9.97. The zero-order chi connectivity index (χ0) is 22.4. The van der Waals surface area contributed by atoms with Crippen LogP contribution in [0.2, 0.25) is 5.02 Å². The fourth-order valence-corrected chi connectivity index (χ4v) is 4.72. The number of rotatable bonds is 8. The minimum atomic E-state index is -0.778. The Hall–Kier alpha value is -2.90. The van der Waals surface area contributed by atoms with E-state index in [2.05, 4.69) is 15.5 Å². The van der Waals surface area contributed by atoms with Crippen molar-refractivity contribution in [1.29, 1.82) is 5.41 Å². The van der Waals surface area contributed by atoms with Crippen LogP contribution in [-0.2, 0) is 9.57 Å². The first-order valence-corrected chi connectivity index (χ1v) is 11.1. The van der Waals surface area contributed by atoms with Crippen molar-refractivity contribution in [3.8, 4) is 11.5 Å². The van der Waals surface area contributed by atoms with Crippen LogP contribution in [0.5, 0.6) is 11.5 Å². The molecule has 0 bridgehead atoms. The Balaban J connectivity index is 1.60. The van der Waals surface area contributed by atoms with E-state index in [0.717, 1.165) is 43.3 Å². The van der Waals surface area contributed by atoms with Crippen LogP contribution in [0, 0.1) is 5.41 Å². The van der Waals surface area contributed by atoms with E-state index >= 15 is 0 Å². The number of hydrogen-bond donors (Lipinski definition) is 2. The summed E-state index contributed by atoms with van der Waals surface area (Å²) in [6.45, 7) is 0.433. The molecule has 2 N–H and O–H groups in total. The maximum Gasteiger partial charge on any atom is 0.174 e. The molecule has 0 saturated heterocycles. The normalized spacial score (nSPS) is 21.9. The van der Waals surface area contributed by atoms with Crippen LogP contribution >= 0.6 is 11.6 Å². The molecule has 1 aliphatic heterocycles. The fraction of sp³-hybridized carbons (Fsp3) is 0.375. The summed E-state index contributed by atoms with van der Waals surface area (Å²) in [6, 6.07) is 15.0. The van der Waals surface area contributed by atoms with Gasteiger partial charge in [0.05, 0.1) is 12.9 Å². The average Bonchev–Trinajstić information content (AvgIpc) is 3.12. The zero-order valence-corrected chi connectivity index (χ0v) is 18.8. The van der Waals surface area contributed by atoms with Crippen LogP contribution in [0.1, 0.15) is 37.7 Å². The molecule has 2 aliphatic rings. The first-order chi connectivity index (χ1) is 15.6. The highest BCUT2D eigenvalue weighted by atomic mass is 35.5. The number of nitrogens with zero attached hydrogens (tertiary/aromatic N) is 2. The highest BCUT2D eigenvalue weighted by Gasteiger charge is 2.62. The Bertz CT molecular complexity index is 985. The predicted octanol–water partition coefficient (Wildman–Crippen LogP) is 5.18. The summed E-state index contributed by atoms with van der Waals surface area (Å²) in [5.74, 6) is 1.42. The number of oxime groups is 1. The largest absolute Gasteiger partial charge is 0.457 e. The van der Waals surface area contributed by atoms with Crippen LogP contribution in [0.15, 0.2) is 58.7 Å². The third-order valence-corrected chi connectivity index (χ3v) is 6.46. The minimum Gasteiger partial charge on any atom is -0.457 e. The molecule has 1 heterocycles. The molecule has 1 saturated carbocycles. The lowest BCUT2D eigenvalue weighted by atomic mass is 9.69. The van der Waals surface area contributed by atoms with E-state index in [1.54, 1.807) is 19.2 Å². The van der Waals surface area contributed by atoms with E-state index in [1.807, 2.05) is 36.4 Å². The van der Waals surface area contributed by atoms with Crippen molar-refractivity contribution in [2.24, 2.45) is 10.1 Å². The summed E-state index contributed by atoms with van der Waals surface area (Å²) in [5.41, 5.74) is 0.346. The number of aliphatic imine (C=N–C) groups is 1. The van der Waals surface area contributed by atoms with Crippen molar-refractivity contribution in [3.63, 3.8) is 0 Å². The van der Waals surface area contributed by atoms with Crippen molar-refractivity contribution in [3.05, 3.63) is 59.1 Å². The van der Waals surface area contributed by atoms with Gasteiger partial charge in [-0.2, -0.15) is 0 Å². The lowest BCUT2D eigenvalue weighted by molar-refractivity contribution is -0.155. The lowest BCUT2D eigenvalue weighted by Crippen LogP contribution is -2.63. The Labute approximate surface area is 192 Å². The van der Waals surface area contributed by atoms with Gasteiger partial charge < -0.3 is 19.6 Å². The third-order valence-electron chi connectivity index (χ3n) is 6.21. The van der Waals surface area contributed by atoms with Gasteiger partial charge in [-0.3, -0.25) is 5.41 Å². The SMILES string of the molecule is COC1(CN/C=N\C=N)C(c2ccc(Oc3ccc(Cl)cc3)cc2)=NOC12CCCCC2. The lowest BCUT2D eigenvalue weighted by Gasteiger charge is -2.44. The summed E-state index contributed by atoms with van der Waals surface area (Å²) in [6.07, 6.45) is 7.54. The van der Waals surface area contributed by atoms with E-state index in [0.29, 0.717) is 23.1 Å². The summed E-state index contributed by atoms with van der Waals surface area (Å²) >= 11 is 5.95. The van der Waals surface area contributed by atoms with Crippen molar-refractivity contribution in [1.82, 2.24) is 5.32 Å².